The number of amides is 1. The molecule has 0 radical (unpaired) electrons. The van der Waals surface area contributed by atoms with Crippen LogP contribution in [0.3, 0.4) is 0 Å². The molecule has 0 aromatic carbocycles. The van der Waals surface area contributed by atoms with Gasteiger partial charge < -0.3 is 14.9 Å². The lowest BCUT2D eigenvalue weighted by Gasteiger charge is -2.22. The van der Waals surface area contributed by atoms with Crippen LogP contribution in [0.5, 0.6) is 0 Å². The Morgan fingerprint density at radius 1 is 1.53 bits per heavy atom. The molecule has 2 heterocycles. The van der Waals surface area contributed by atoms with E-state index in [-0.39, 0.29) is 19.1 Å². The average molecular weight is 282 g/mol. The molecule has 0 aliphatic rings. The van der Waals surface area contributed by atoms with Crippen molar-refractivity contribution in [1.82, 2.24) is 14.3 Å². The average Bonchev–Trinajstić information content (AvgIpc) is 2.95. The van der Waals surface area contributed by atoms with Gasteiger partial charge in [0.25, 0.3) is 0 Å². The largest absolute Gasteiger partial charge is 0.390 e. The Hall–Kier alpha value is -1.60. The van der Waals surface area contributed by atoms with Gasteiger partial charge >= 0.3 is 0 Å². The summed E-state index contributed by atoms with van der Waals surface area (Å²) in [5, 5.41) is 11.5. The van der Waals surface area contributed by atoms with Crippen molar-refractivity contribution < 1.29 is 9.90 Å². The van der Waals surface area contributed by atoms with Crippen LogP contribution in [0.4, 0.5) is 5.82 Å². The summed E-state index contributed by atoms with van der Waals surface area (Å²) in [5.41, 5.74) is 0.727. The van der Waals surface area contributed by atoms with Crippen LogP contribution in [0.15, 0.2) is 11.6 Å². The summed E-state index contributed by atoms with van der Waals surface area (Å²) in [6, 6.07) is 0. The Morgan fingerprint density at radius 3 is 2.84 bits per heavy atom. The van der Waals surface area contributed by atoms with Gasteiger partial charge in [0.05, 0.1) is 18.8 Å². The molecule has 104 valence electrons. The van der Waals surface area contributed by atoms with Gasteiger partial charge in [-0.2, -0.15) is 0 Å². The first-order valence-corrected chi connectivity index (χ1v) is 6.96. The molecule has 0 fully saturated rings. The summed E-state index contributed by atoms with van der Waals surface area (Å²) in [5.74, 6) is 0.703. The van der Waals surface area contributed by atoms with E-state index in [1.54, 1.807) is 19.0 Å². The number of aliphatic hydroxyl groups excluding tert-OH is 1. The number of rotatable bonds is 5. The minimum absolute atomic E-state index is 0.0158. The first kappa shape index (κ1) is 13.8. The Labute approximate surface area is 115 Å². The highest BCUT2D eigenvalue weighted by atomic mass is 32.1. The molecule has 0 aliphatic heterocycles. The van der Waals surface area contributed by atoms with E-state index in [2.05, 4.69) is 4.98 Å². The smallest absolute Gasteiger partial charge is 0.241 e. The summed E-state index contributed by atoms with van der Waals surface area (Å²) in [6.07, 6.45) is 1.88. The van der Waals surface area contributed by atoms with Crippen molar-refractivity contribution in [1.29, 1.82) is 0 Å². The van der Waals surface area contributed by atoms with Gasteiger partial charge in [0.1, 0.15) is 0 Å². The lowest BCUT2D eigenvalue weighted by atomic mass is 10.3. The quantitative estimate of drug-likeness (QED) is 0.881. The van der Waals surface area contributed by atoms with E-state index in [9.17, 15) is 9.90 Å². The van der Waals surface area contributed by atoms with Crippen molar-refractivity contribution in [2.45, 2.75) is 13.5 Å². The predicted octanol–water partition coefficient (Wildman–Crippen LogP) is 0.803. The second kappa shape index (κ2) is 5.58. The van der Waals surface area contributed by atoms with Crippen LogP contribution in [0.1, 0.15) is 12.6 Å². The number of hydrogen-bond acceptors (Lipinski definition) is 5. The lowest BCUT2D eigenvalue weighted by molar-refractivity contribution is -0.127. The van der Waals surface area contributed by atoms with Gasteiger partial charge in [-0.3, -0.25) is 9.20 Å². The topological polar surface area (TPSA) is 61.1 Å². The molecule has 0 saturated carbocycles. The minimum atomic E-state index is -0.0973. The van der Waals surface area contributed by atoms with E-state index in [1.807, 2.05) is 27.8 Å². The fourth-order valence-corrected chi connectivity index (χ4v) is 2.59. The summed E-state index contributed by atoms with van der Waals surface area (Å²) >= 11 is 1.51. The number of likely N-dealkylation sites (N-methyl/N-ethyl adjacent to an activating group) is 2. The number of hydrogen-bond donors (Lipinski definition) is 1. The molecule has 6 nitrogen and oxygen atoms in total. The van der Waals surface area contributed by atoms with E-state index in [0.717, 1.165) is 10.7 Å². The summed E-state index contributed by atoms with van der Waals surface area (Å²) in [4.78, 5) is 20.6. The maximum Gasteiger partial charge on any atom is 0.241 e. The maximum atomic E-state index is 11.8. The molecule has 1 amide bonds. The first-order valence-electron chi connectivity index (χ1n) is 6.08. The molecule has 19 heavy (non-hydrogen) atoms. The Morgan fingerprint density at radius 2 is 2.26 bits per heavy atom. The number of thiazole rings is 1. The lowest BCUT2D eigenvalue weighted by Crippen LogP contribution is -2.37. The van der Waals surface area contributed by atoms with Gasteiger partial charge in [-0.05, 0) is 6.92 Å². The number of fused-ring (bicyclic) bond motifs is 1. The van der Waals surface area contributed by atoms with Gasteiger partial charge in [0, 0.05) is 32.2 Å². The van der Waals surface area contributed by atoms with Crippen LogP contribution in [-0.4, -0.2) is 52.5 Å². The van der Waals surface area contributed by atoms with E-state index in [4.69, 9.17) is 0 Å². The number of anilines is 1. The van der Waals surface area contributed by atoms with E-state index in [1.165, 1.54) is 11.3 Å². The summed E-state index contributed by atoms with van der Waals surface area (Å²) in [6.45, 7) is 2.80. The number of carbonyl (C=O) groups excluding carboxylic acids is 1. The summed E-state index contributed by atoms with van der Waals surface area (Å²) in [7, 11) is 3.46. The maximum absolute atomic E-state index is 11.8. The zero-order valence-electron chi connectivity index (χ0n) is 11.3. The number of nitrogens with zero attached hydrogens (tertiary/aromatic N) is 4. The minimum Gasteiger partial charge on any atom is -0.390 e. The third-order valence-electron chi connectivity index (χ3n) is 3.00. The van der Waals surface area contributed by atoms with Gasteiger partial charge in [0.2, 0.25) is 5.91 Å². The summed E-state index contributed by atoms with van der Waals surface area (Å²) < 4.78 is 1.86. The van der Waals surface area contributed by atoms with Crippen molar-refractivity contribution in [2.75, 3.05) is 32.1 Å². The zero-order chi connectivity index (χ0) is 14.0. The van der Waals surface area contributed by atoms with Gasteiger partial charge in [-0.1, -0.05) is 0 Å². The molecule has 2 aromatic heterocycles. The van der Waals surface area contributed by atoms with E-state index in [0.29, 0.717) is 12.4 Å². The molecule has 2 rings (SSSR count). The van der Waals surface area contributed by atoms with Crippen LogP contribution in [-0.2, 0) is 11.4 Å². The van der Waals surface area contributed by atoms with Crippen molar-refractivity contribution >= 4 is 28.0 Å². The van der Waals surface area contributed by atoms with E-state index >= 15 is 0 Å². The molecular weight excluding hydrogens is 264 g/mol. The van der Waals surface area contributed by atoms with Crippen LogP contribution >= 0.6 is 11.3 Å². The zero-order valence-corrected chi connectivity index (χ0v) is 12.1. The highest BCUT2D eigenvalue weighted by Gasteiger charge is 2.20. The Kier molecular flexibility index (Phi) is 4.06. The third kappa shape index (κ3) is 2.57. The monoisotopic (exact) mass is 282 g/mol. The van der Waals surface area contributed by atoms with Crippen molar-refractivity contribution in [2.24, 2.45) is 0 Å². The van der Waals surface area contributed by atoms with Gasteiger partial charge in [-0.15, -0.1) is 11.3 Å². The van der Waals surface area contributed by atoms with Crippen LogP contribution in [0, 0.1) is 0 Å². The first-order chi connectivity index (χ1) is 9.08. The molecule has 0 unspecified atom stereocenters. The molecule has 0 saturated heterocycles. The fourth-order valence-electron chi connectivity index (χ4n) is 1.86. The Bertz CT molecular complexity index is 575. The normalized spacial score (nSPS) is 10.9. The molecule has 0 spiro atoms. The molecule has 0 aliphatic carbocycles. The number of imidazole rings is 1. The number of aromatic nitrogens is 2. The van der Waals surface area contributed by atoms with Gasteiger partial charge in [0.15, 0.2) is 10.8 Å². The predicted molar refractivity (Wildman–Crippen MR) is 75.6 cm³/mol. The van der Waals surface area contributed by atoms with E-state index < -0.39 is 0 Å². The van der Waals surface area contributed by atoms with Crippen LogP contribution in [0.25, 0.3) is 4.96 Å². The Balaban J connectivity index is 2.34. The molecule has 0 atom stereocenters. The standard InChI is InChI=1S/C12H18N4O2S/c1-4-15(7-10(18)14(2)3)11-9(8-17)16-5-6-19-12(16)13-11/h5-6,17H,4,7-8H2,1-3H3. The van der Waals surface area contributed by atoms with Crippen LogP contribution < -0.4 is 4.90 Å². The molecule has 7 heteroatoms. The third-order valence-corrected chi connectivity index (χ3v) is 3.75. The second-order valence-corrected chi connectivity index (χ2v) is 5.27. The van der Waals surface area contributed by atoms with Gasteiger partial charge in [-0.25, -0.2) is 4.98 Å². The second-order valence-electron chi connectivity index (χ2n) is 4.40. The molecular formula is C12H18N4O2S. The highest BCUT2D eigenvalue weighted by molar-refractivity contribution is 7.15. The van der Waals surface area contributed by atoms with Crippen LogP contribution in [0.2, 0.25) is 0 Å². The number of aliphatic hydroxyl groups is 1. The highest BCUT2D eigenvalue weighted by Crippen LogP contribution is 2.24. The molecule has 1 N–H and O–H groups in total. The number of carbonyl (C=O) groups is 1. The van der Waals surface area contributed by atoms with Crippen molar-refractivity contribution in [3.63, 3.8) is 0 Å². The fraction of sp³-hybridized carbons (Fsp3) is 0.500. The van der Waals surface area contributed by atoms with Crippen molar-refractivity contribution in [3.05, 3.63) is 17.3 Å². The molecule has 2 aromatic rings. The molecule has 0 bridgehead atoms. The van der Waals surface area contributed by atoms with Crippen molar-refractivity contribution in [3.8, 4) is 0 Å². The SMILES string of the molecule is CCN(CC(=O)N(C)C)c1nc2sccn2c1CO.